The molecule has 0 radical (unpaired) electrons. The summed E-state index contributed by atoms with van der Waals surface area (Å²) in [6.07, 6.45) is 0.680. The number of aliphatic hydroxyl groups excluding tert-OH is 1. The van der Waals surface area contributed by atoms with Gasteiger partial charge in [0.25, 0.3) is 0 Å². The molecule has 100 valence electrons. The Morgan fingerprint density at radius 1 is 1.50 bits per heavy atom. The highest BCUT2D eigenvalue weighted by Crippen LogP contribution is 2.16. The first kappa shape index (κ1) is 14.3. The molecule has 0 fully saturated rings. The minimum absolute atomic E-state index is 0.139. The number of benzene rings is 1. The summed E-state index contributed by atoms with van der Waals surface area (Å²) in [4.78, 5) is 11.6. The first-order valence-corrected chi connectivity index (χ1v) is 5.95. The van der Waals surface area contributed by atoms with Crippen LogP contribution in [0.4, 0.5) is 10.5 Å². The van der Waals surface area contributed by atoms with Crippen molar-refractivity contribution in [1.29, 1.82) is 0 Å². The molecular formula is C13H20N2O3. The Morgan fingerprint density at radius 3 is 2.94 bits per heavy atom. The van der Waals surface area contributed by atoms with E-state index in [0.29, 0.717) is 24.4 Å². The number of nitrogens with one attached hydrogen (secondary N) is 2. The van der Waals surface area contributed by atoms with Gasteiger partial charge in [0.15, 0.2) is 0 Å². The highest BCUT2D eigenvalue weighted by molar-refractivity contribution is 5.89. The molecule has 2 amide bonds. The highest BCUT2D eigenvalue weighted by Gasteiger charge is 2.05. The molecule has 1 atom stereocenters. The fourth-order valence-electron chi connectivity index (χ4n) is 1.47. The van der Waals surface area contributed by atoms with E-state index in [9.17, 15) is 4.79 Å². The zero-order valence-electron chi connectivity index (χ0n) is 10.8. The Hall–Kier alpha value is -1.75. The number of hydrogen-bond donors (Lipinski definition) is 3. The Labute approximate surface area is 107 Å². The number of amides is 2. The lowest BCUT2D eigenvalue weighted by atomic mass is 10.1. The molecular weight excluding hydrogens is 232 g/mol. The van der Waals surface area contributed by atoms with Crippen molar-refractivity contribution < 1.29 is 14.6 Å². The molecule has 0 heterocycles. The van der Waals surface area contributed by atoms with E-state index in [1.807, 2.05) is 19.1 Å². The number of rotatable bonds is 6. The minimum Gasteiger partial charge on any atom is -0.497 e. The van der Waals surface area contributed by atoms with Gasteiger partial charge >= 0.3 is 6.03 Å². The van der Waals surface area contributed by atoms with Crippen molar-refractivity contribution in [1.82, 2.24) is 5.32 Å². The summed E-state index contributed by atoms with van der Waals surface area (Å²) >= 11 is 0. The summed E-state index contributed by atoms with van der Waals surface area (Å²) in [5, 5.41) is 14.2. The van der Waals surface area contributed by atoms with Crippen LogP contribution in [0.25, 0.3) is 0 Å². The summed E-state index contributed by atoms with van der Waals surface area (Å²) < 4.78 is 5.07. The van der Waals surface area contributed by atoms with Gasteiger partial charge < -0.3 is 20.5 Å². The summed E-state index contributed by atoms with van der Waals surface area (Å²) in [5.74, 6) is 0.951. The van der Waals surface area contributed by atoms with Crippen molar-refractivity contribution in [3.63, 3.8) is 0 Å². The SMILES string of the molecule is COc1cccc(NC(=O)NCC(C)CCO)c1. The van der Waals surface area contributed by atoms with Crippen LogP contribution in [0, 0.1) is 5.92 Å². The second kappa shape index (κ2) is 7.55. The number of aliphatic hydroxyl groups is 1. The lowest BCUT2D eigenvalue weighted by Crippen LogP contribution is -2.32. The molecule has 3 N–H and O–H groups in total. The molecule has 1 unspecified atom stereocenters. The summed E-state index contributed by atoms with van der Waals surface area (Å²) in [5.41, 5.74) is 0.682. The maximum absolute atomic E-state index is 11.6. The van der Waals surface area contributed by atoms with Crippen LogP contribution in [-0.2, 0) is 0 Å². The van der Waals surface area contributed by atoms with E-state index in [1.54, 1.807) is 19.2 Å². The van der Waals surface area contributed by atoms with Crippen LogP contribution >= 0.6 is 0 Å². The molecule has 0 saturated carbocycles. The predicted molar refractivity (Wildman–Crippen MR) is 70.9 cm³/mol. The predicted octanol–water partition coefficient (Wildman–Crippen LogP) is 1.84. The van der Waals surface area contributed by atoms with Crippen molar-refractivity contribution in [2.75, 3.05) is 25.6 Å². The second-order valence-electron chi connectivity index (χ2n) is 4.18. The Balaban J connectivity index is 2.39. The number of anilines is 1. The maximum atomic E-state index is 11.6. The third kappa shape index (κ3) is 5.05. The quantitative estimate of drug-likeness (QED) is 0.723. The smallest absolute Gasteiger partial charge is 0.319 e. The van der Waals surface area contributed by atoms with Gasteiger partial charge in [0, 0.05) is 24.9 Å². The Bertz CT molecular complexity index is 382. The van der Waals surface area contributed by atoms with E-state index >= 15 is 0 Å². The number of urea groups is 1. The van der Waals surface area contributed by atoms with Crippen LogP contribution in [0.3, 0.4) is 0 Å². The van der Waals surface area contributed by atoms with E-state index in [-0.39, 0.29) is 18.6 Å². The Kier molecular flexibility index (Phi) is 6.00. The van der Waals surface area contributed by atoms with E-state index in [2.05, 4.69) is 10.6 Å². The van der Waals surface area contributed by atoms with Gasteiger partial charge in [0.05, 0.1) is 7.11 Å². The largest absolute Gasteiger partial charge is 0.497 e. The second-order valence-corrected chi connectivity index (χ2v) is 4.18. The lowest BCUT2D eigenvalue weighted by Gasteiger charge is -2.12. The molecule has 1 aromatic rings. The zero-order chi connectivity index (χ0) is 13.4. The Morgan fingerprint density at radius 2 is 2.28 bits per heavy atom. The molecule has 0 aliphatic carbocycles. The molecule has 5 nitrogen and oxygen atoms in total. The van der Waals surface area contributed by atoms with E-state index in [1.165, 1.54) is 0 Å². The molecule has 0 aliphatic rings. The first-order chi connectivity index (χ1) is 8.65. The van der Waals surface area contributed by atoms with Crippen LogP contribution in [0.5, 0.6) is 5.75 Å². The third-order valence-corrected chi connectivity index (χ3v) is 2.56. The molecule has 5 heteroatoms. The summed E-state index contributed by atoms with van der Waals surface area (Å²) in [6, 6.07) is 6.90. The van der Waals surface area contributed by atoms with Crippen LogP contribution in [0.1, 0.15) is 13.3 Å². The topological polar surface area (TPSA) is 70.6 Å². The molecule has 1 aromatic carbocycles. The van der Waals surface area contributed by atoms with Gasteiger partial charge in [-0.1, -0.05) is 13.0 Å². The average molecular weight is 252 g/mol. The molecule has 0 aliphatic heterocycles. The number of ether oxygens (including phenoxy) is 1. The number of carbonyl (C=O) groups excluding carboxylic acids is 1. The molecule has 18 heavy (non-hydrogen) atoms. The monoisotopic (exact) mass is 252 g/mol. The molecule has 0 aromatic heterocycles. The average Bonchev–Trinajstić information content (AvgIpc) is 2.37. The number of carbonyl (C=O) groups is 1. The fraction of sp³-hybridized carbons (Fsp3) is 0.462. The third-order valence-electron chi connectivity index (χ3n) is 2.56. The van der Waals surface area contributed by atoms with Crippen molar-refractivity contribution in [2.24, 2.45) is 5.92 Å². The van der Waals surface area contributed by atoms with Gasteiger partial charge in [-0.05, 0) is 24.5 Å². The van der Waals surface area contributed by atoms with Gasteiger partial charge in [0.2, 0.25) is 0 Å². The molecule has 0 saturated heterocycles. The van der Waals surface area contributed by atoms with Crippen LogP contribution in [-0.4, -0.2) is 31.4 Å². The normalized spacial score (nSPS) is 11.7. The van der Waals surface area contributed by atoms with Gasteiger partial charge in [-0.15, -0.1) is 0 Å². The fourth-order valence-corrected chi connectivity index (χ4v) is 1.47. The van der Waals surface area contributed by atoms with Gasteiger partial charge in [-0.2, -0.15) is 0 Å². The molecule has 0 bridgehead atoms. The number of hydrogen-bond acceptors (Lipinski definition) is 3. The highest BCUT2D eigenvalue weighted by atomic mass is 16.5. The van der Waals surface area contributed by atoms with Gasteiger partial charge in [-0.25, -0.2) is 4.79 Å². The minimum atomic E-state index is -0.256. The van der Waals surface area contributed by atoms with Crippen molar-refractivity contribution in [2.45, 2.75) is 13.3 Å². The summed E-state index contributed by atoms with van der Waals surface area (Å²) in [6.45, 7) is 2.65. The van der Waals surface area contributed by atoms with E-state index in [4.69, 9.17) is 9.84 Å². The van der Waals surface area contributed by atoms with E-state index < -0.39 is 0 Å². The van der Waals surface area contributed by atoms with Crippen molar-refractivity contribution in [3.8, 4) is 5.75 Å². The maximum Gasteiger partial charge on any atom is 0.319 e. The molecule has 0 spiro atoms. The van der Waals surface area contributed by atoms with Gasteiger partial charge in [0.1, 0.15) is 5.75 Å². The van der Waals surface area contributed by atoms with Gasteiger partial charge in [-0.3, -0.25) is 0 Å². The number of methoxy groups -OCH3 is 1. The van der Waals surface area contributed by atoms with Crippen LogP contribution < -0.4 is 15.4 Å². The summed E-state index contributed by atoms with van der Waals surface area (Å²) in [7, 11) is 1.58. The van der Waals surface area contributed by atoms with Crippen LogP contribution in [0.15, 0.2) is 24.3 Å². The lowest BCUT2D eigenvalue weighted by molar-refractivity contribution is 0.243. The zero-order valence-corrected chi connectivity index (χ0v) is 10.8. The van der Waals surface area contributed by atoms with Crippen molar-refractivity contribution in [3.05, 3.63) is 24.3 Å². The molecule has 1 rings (SSSR count). The van der Waals surface area contributed by atoms with Crippen molar-refractivity contribution >= 4 is 11.7 Å². The van der Waals surface area contributed by atoms with E-state index in [0.717, 1.165) is 0 Å². The first-order valence-electron chi connectivity index (χ1n) is 5.95. The van der Waals surface area contributed by atoms with Crippen LogP contribution in [0.2, 0.25) is 0 Å². The standard InChI is InChI=1S/C13H20N2O3/c1-10(6-7-16)9-14-13(17)15-11-4-3-5-12(8-11)18-2/h3-5,8,10,16H,6-7,9H2,1-2H3,(H2,14,15,17).